The van der Waals surface area contributed by atoms with Crippen LogP contribution in [0.15, 0.2) is 48.8 Å². The number of carbonyl (C=O) groups excluding carboxylic acids is 3. The first-order valence-electron chi connectivity index (χ1n) is 8.01. The molecular formula is C18H18N4O3. The quantitative estimate of drug-likeness (QED) is 0.655. The fraction of sp³-hybridized carbons (Fsp3) is 0.222. The molecule has 1 N–H and O–H groups in total. The topological polar surface area (TPSA) is 84.3 Å². The molecule has 25 heavy (non-hydrogen) atoms. The van der Waals surface area contributed by atoms with Crippen molar-refractivity contribution in [2.45, 2.75) is 19.4 Å². The maximum Gasteiger partial charge on any atom is 0.249 e. The Bertz CT molecular complexity index is 826. The number of hydrogen-bond acceptors (Lipinski definition) is 4. The minimum absolute atomic E-state index is 0.0121. The van der Waals surface area contributed by atoms with Gasteiger partial charge in [-0.3, -0.25) is 19.7 Å². The highest BCUT2D eigenvalue weighted by Crippen LogP contribution is 2.13. The van der Waals surface area contributed by atoms with Gasteiger partial charge in [0.15, 0.2) is 0 Å². The highest BCUT2D eigenvalue weighted by molar-refractivity contribution is 6.07. The van der Waals surface area contributed by atoms with Crippen LogP contribution in [0.5, 0.6) is 0 Å². The number of hydrogen-bond donors (Lipinski definition) is 1. The maximum absolute atomic E-state index is 12.4. The zero-order chi connectivity index (χ0) is 17.8. The zero-order valence-electron chi connectivity index (χ0n) is 13.8. The number of para-hydroxylation sites is 1. The normalized spacial score (nSPS) is 17.1. The van der Waals surface area contributed by atoms with Crippen molar-refractivity contribution in [2.75, 3.05) is 6.54 Å². The van der Waals surface area contributed by atoms with Crippen LogP contribution < -0.4 is 5.32 Å². The van der Waals surface area contributed by atoms with Gasteiger partial charge in [-0.05, 0) is 25.1 Å². The molecule has 1 aromatic carbocycles. The lowest BCUT2D eigenvalue weighted by Gasteiger charge is -2.23. The maximum atomic E-state index is 12.4. The van der Waals surface area contributed by atoms with Gasteiger partial charge in [-0.25, -0.2) is 4.68 Å². The van der Waals surface area contributed by atoms with E-state index >= 15 is 0 Å². The lowest BCUT2D eigenvalue weighted by Crippen LogP contribution is -2.43. The van der Waals surface area contributed by atoms with Crippen LogP contribution >= 0.6 is 0 Å². The standard InChI is InChI=1S/C18H18N4O3/c1-2-21(15-10-16(23)20-18(15)25)17(24)9-8-13-11-19-22(12-13)14-6-4-3-5-7-14/h3-9,11-12,15H,2,10H2,1H3,(H,20,23,25)/b9-8-/t15-/m0/s1. The van der Waals surface area contributed by atoms with Gasteiger partial charge in [0, 0.05) is 24.4 Å². The number of amides is 3. The summed E-state index contributed by atoms with van der Waals surface area (Å²) in [7, 11) is 0. The Balaban J connectivity index is 1.71. The van der Waals surface area contributed by atoms with Crippen LogP contribution in [-0.4, -0.2) is 45.0 Å². The van der Waals surface area contributed by atoms with Gasteiger partial charge in [0.05, 0.1) is 18.3 Å². The Kier molecular flexibility index (Phi) is 4.74. The molecule has 3 rings (SSSR count). The number of rotatable bonds is 5. The van der Waals surface area contributed by atoms with Gasteiger partial charge < -0.3 is 4.90 Å². The van der Waals surface area contributed by atoms with Crippen molar-refractivity contribution < 1.29 is 14.4 Å². The van der Waals surface area contributed by atoms with Gasteiger partial charge in [0.25, 0.3) is 0 Å². The van der Waals surface area contributed by atoms with Gasteiger partial charge in [0.2, 0.25) is 17.7 Å². The van der Waals surface area contributed by atoms with E-state index in [1.54, 1.807) is 30.1 Å². The predicted octanol–water partition coefficient (Wildman–Crippen LogP) is 1.15. The SMILES string of the molecule is CCN(C(=O)/C=C\c1cnn(-c2ccccc2)c1)[C@H]1CC(=O)NC1=O. The highest BCUT2D eigenvalue weighted by atomic mass is 16.2. The van der Waals surface area contributed by atoms with Crippen molar-refractivity contribution in [1.82, 2.24) is 20.0 Å². The van der Waals surface area contributed by atoms with Crippen LogP contribution in [0, 0.1) is 0 Å². The van der Waals surface area contributed by atoms with E-state index in [-0.39, 0.29) is 18.2 Å². The largest absolute Gasteiger partial charge is 0.327 e. The van der Waals surface area contributed by atoms with Crippen LogP contribution in [0.1, 0.15) is 18.9 Å². The van der Waals surface area contributed by atoms with E-state index in [4.69, 9.17) is 0 Å². The molecule has 0 radical (unpaired) electrons. The van der Waals surface area contributed by atoms with E-state index in [9.17, 15) is 14.4 Å². The molecule has 1 aliphatic heterocycles. The third-order valence-corrected chi connectivity index (χ3v) is 3.99. The second-order valence-electron chi connectivity index (χ2n) is 5.64. The smallest absolute Gasteiger partial charge is 0.249 e. The van der Waals surface area contributed by atoms with Crippen molar-refractivity contribution in [3.05, 3.63) is 54.4 Å². The molecule has 2 aromatic rings. The molecule has 2 heterocycles. The third-order valence-electron chi connectivity index (χ3n) is 3.99. The lowest BCUT2D eigenvalue weighted by molar-refractivity contribution is -0.135. The monoisotopic (exact) mass is 338 g/mol. The van der Waals surface area contributed by atoms with Gasteiger partial charge >= 0.3 is 0 Å². The van der Waals surface area contributed by atoms with Gasteiger partial charge in [-0.2, -0.15) is 5.10 Å². The number of aromatic nitrogens is 2. The van der Waals surface area contributed by atoms with Gasteiger partial charge in [0.1, 0.15) is 6.04 Å². The summed E-state index contributed by atoms with van der Waals surface area (Å²) in [6, 6.07) is 8.89. The van der Waals surface area contributed by atoms with Gasteiger partial charge in [-0.15, -0.1) is 0 Å². The fourth-order valence-corrected chi connectivity index (χ4v) is 2.73. The first kappa shape index (κ1) is 16.6. The van der Waals surface area contributed by atoms with Crippen molar-refractivity contribution in [2.24, 2.45) is 0 Å². The van der Waals surface area contributed by atoms with E-state index in [2.05, 4.69) is 10.4 Å². The van der Waals surface area contributed by atoms with E-state index in [0.717, 1.165) is 11.3 Å². The summed E-state index contributed by atoms with van der Waals surface area (Å²) in [5.41, 5.74) is 1.69. The van der Waals surface area contributed by atoms with Crippen LogP contribution in [-0.2, 0) is 14.4 Å². The van der Waals surface area contributed by atoms with Crippen LogP contribution in [0.2, 0.25) is 0 Å². The molecule has 1 aliphatic rings. The number of nitrogens with one attached hydrogen (secondary N) is 1. The number of nitrogens with zero attached hydrogens (tertiary/aromatic N) is 3. The molecule has 1 aromatic heterocycles. The minimum Gasteiger partial charge on any atom is -0.327 e. The summed E-state index contributed by atoms with van der Waals surface area (Å²) in [4.78, 5) is 36.9. The molecule has 128 valence electrons. The number of benzene rings is 1. The molecule has 0 bridgehead atoms. The Hall–Kier alpha value is -3.22. The van der Waals surface area contributed by atoms with Crippen LogP contribution in [0.4, 0.5) is 0 Å². The first-order valence-corrected chi connectivity index (χ1v) is 8.01. The van der Waals surface area contributed by atoms with Gasteiger partial charge in [-0.1, -0.05) is 18.2 Å². The molecule has 1 saturated heterocycles. The van der Waals surface area contributed by atoms with Crippen molar-refractivity contribution in [3.8, 4) is 5.69 Å². The molecule has 7 heteroatoms. The molecule has 1 fully saturated rings. The average Bonchev–Trinajstić information content (AvgIpc) is 3.21. The molecule has 3 amide bonds. The number of carbonyl (C=O) groups is 3. The average molecular weight is 338 g/mol. The molecule has 0 unspecified atom stereocenters. The second kappa shape index (κ2) is 7.12. The summed E-state index contributed by atoms with van der Waals surface area (Å²) >= 11 is 0. The summed E-state index contributed by atoms with van der Waals surface area (Å²) in [5, 5.41) is 6.48. The van der Waals surface area contributed by atoms with E-state index in [0.29, 0.717) is 6.54 Å². The number of likely N-dealkylation sites (N-methyl/N-ethyl adjacent to an activating group) is 1. The Morgan fingerprint density at radius 2 is 2.12 bits per heavy atom. The van der Waals surface area contributed by atoms with E-state index in [1.807, 2.05) is 30.3 Å². The van der Waals surface area contributed by atoms with Crippen molar-refractivity contribution in [3.63, 3.8) is 0 Å². The van der Waals surface area contributed by atoms with Crippen LogP contribution in [0.3, 0.4) is 0 Å². The Morgan fingerprint density at radius 3 is 2.76 bits per heavy atom. The lowest BCUT2D eigenvalue weighted by atomic mass is 10.2. The minimum atomic E-state index is -0.735. The summed E-state index contributed by atoms with van der Waals surface area (Å²) in [5.74, 6) is -1.09. The zero-order valence-corrected chi connectivity index (χ0v) is 13.8. The fourth-order valence-electron chi connectivity index (χ4n) is 2.73. The number of imide groups is 1. The molecule has 0 spiro atoms. The molecular weight excluding hydrogens is 320 g/mol. The van der Waals surface area contributed by atoms with Crippen molar-refractivity contribution >= 4 is 23.8 Å². The third kappa shape index (κ3) is 3.65. The van der Waals surface area contributed by atoms with Crippen molar-refractivity contribution in [1.29, 1.82) is 0 Å². The Morgan fingerprint density at radius 1 is 1.36 bits per heavy atom. The summed E-state index contributed by atoms with van der Waals surface area (Å²) in [6.07, 6.45) is 6.51. The molecule has 7 nitrogen and oxygen atoms in total. The predicted molar refractivity (Wildman–Crippen MR) is 91.5 cm³/mol. The van der Waals surface area contributed by atoms with E-state index < -0.39 is 11.9 Å². The van der Waals surface area contributed by atoms with Crippen LogP contribution in [0.25, 0.3) is 11.8 Å². The Labute approximate surface area is 144 Å². The summed E-state index contributed by atoms with van der Waals surface area (Å²) < 4.78 is 1.71. The van der Waals surface area contributed by atoms with E-state index in [1.165, 1.54) is 11.0 Å². The molecule has 1 atom stereocenters. The molecule has 0 saturated carbocycles. The second-order valence-corrected chi connectivity index (χ2v) is 5.64. The summed E-state index contributed by atoms with van der Waals surface area (Å²) in [6.45, 7) is 2.12. The highest BCUT2D eigenvalue weighted by Gasteiger charge is 2.36. The molecule has 0 aliphatic carbocycles. The first-order chi connectivity index (χ1) is 12.1.